The minimum absolute atomic E-state index is 0.165. The molecular weight excluding hydrogens is 248 g/mol. The highest BCUT2D eigenvalue weighted by Crippen LogP contribution is 2.40. The molecule has 0 spiro atoms. The van der Waals surface area contributed by atoms with E-state index >= 15 is 0 Å². The standard InChI is InChI=1S/C17H32N2O/c1-12-9-10-19(11-15(12)18)16(20)13-5-7-14(8-6-13)17(2,3)4/h12-15H,5-11,18H2,1-4H3. The predicted molar refractivity (Wildman–Crippen MR) is 83.2 cm³/mol. The maximum atomic E-state index is 12.6. The van der Waals surface area contributed by atoms with Gasteiger partial charge in [-0.3, -0.25) is 4.79 Å². The van der Waals surface area contributed by atoms with E-state index in [1.807, 2.05) is 4.90 Å². The molecule has 1 heterocycles. The van der Waals surface area contributed by atoms with Gasteiger partial charge in [0.25, 0.3) is 0 Å². The van der Waals surface area contributed by atoms with E-state index in [-0.39, 0.29) is 12.0 Å². The van der Waals surface area contributed by atoms with Crippen LogP contribution < -0.4 is 5.73 Å². The molecule has 2 unspecified atom stereocenters. The van der Waals surface area contributed by atoms with Crippen LogP contribution in [-0.4, -0.2) is 29.9 Å². The molecule has 0 aromatic carbocycles. The second-order valence-corrected chi connectivity index (χ2v) is 8.13. The Bertz CT molecular complexity index is 339. The summed E-state index contributed by atoms with van der Waals surface area (Å²) in [4.78, 5) is 14.7. The van der Waals surface area contributed by atoms with Gasteiger partial charge in [-0.05, 0) is 49.4 Å². The van der Waals surface area contributed by atoms with Crippen molar-refractivity contribution in [2.45, 2.75) is 65.8 Å². The van der Waals surface area contributed by atoms with Gasteiger partial charge in [0.2, 0.25) is 5.91 Å². The lowest BCUT2D eigenvalue weighted by Gasteiger charge is -2.40. The van der Waals surface area contributed by atoms with E-state index in [9.17, 15) is 4.79 Å². The SMILES string of the molecule is CC1CCN(C(=O)C2CCC(C(C)(C)C)CC2)CC1N. The van der Waals surface area contributed by atoms with Crippen LogP contribution in [0.1, 0.15) is 59.8 Å². The lowest BCUT2D eigenvalue weighted by molar-refractivity contribution is -0.138. The van der Waals surface area contributed by atoms with E-state index in [2.05, 4.69) is 27.7 Å². The van der Waals surface area contributed by atoms with Gasteiger partial charge in [-0.25, -0.2) is 0 Å². The van der Waals surface area contributed by atoms with Gasteiger partial charge < -0.3 is 10.6 Å². The van der Waals surface area contributed by atoms with Gasteiger partial charge in [0.1, 0.15) is 0 Å². The molecule has 2 aliphatic rings. The molecule has 116 valence electrons. The number of hydrogen-bond donors (Lipinski definition) is 1. The Hall–Kier alpha value is -0.570. The fourth-order valence-electron chi connectivity index (χ4n) is 3.76. The molecule has 2 fully saturated rings. The van der Waals surface area contributed by atoms with E-state index in [0.717, 1.165) is 38.3 Å². The molecule has 1 aliphatic heterocycles. The summed E-state index contributed by atoms with van der Waals surface area (Å²) in [6.07, 6.45) is 5.61. The van der Waals surface area contributed by atoms with Crippen LogP contribution in [0.15, 0.2) is 0 Å². The first-order chi connectivity index (χ1) is 9.29. The molecule has 0 aromatic heterocycles. The molecule has 0 bridgehead atoms. The van der Waals surface area contributed by atoms with Gasteiger partial charge in [0.05, 0.1) is 0 Å². The Kier molecular flexibility index (Phi) is 4.78. The topological polar surface area (TPSA) is 46.3 Å². The first-order valence-corrected chi connectivity index (χ1v) is 8.33. The zero-order valence-electron chi connectivity index (χ0n) is 13.7. The first kappa shape index (κ1) is 15.8. The number of likely N-dealkylation sites (tertiary alicyclic amines) is 1. The molecular formula is C17H32N2O. The van der Waals surface area contributed by atoms with Gasteiger partial charge >= 0.3 is 0 Å². The van der Waals surface area contributed by atoms with E-state index in [4.69, 9.17) is 5.73 Å². The van der Waals surface area contributed by atoms with E-state index in [1.54, 1.807) is 0 Å². The molecule has 1 saturated heterocycles. The van der Waals surface area contributed by atoms with Crippen molar-refractivity contribution in [2.24, 2.45) is 28.9 Å². The van der Waals surface area contributed by atoms with Crippen molar-refractivity contribution in [1.82, 2.24) is 4.90 Å². The third-order valence-corrected chi connectivity index (χ3v) is 5.63. The normalized spacial score (nSPS) is 36.0. The van der Waals surface area contributed by atoms with Crippen molar-refractivity contribution in [3.8, 4) is 0 Å². The van der Waals surface area contributed by atoms with Gasteiger partial charge in [0, 0.05) is 25.0 Å². The smallest absolute Gasteiger partial charge is 0.225 e. The summed E-state index contributed by atoms with van der Waals surface area (Å²) in [5.41, 5.74) is 6.51. The molecule has 3 heteroatoms. The summed E-state index contributed by atoms with van der Waals surface area (Å²) in [6.45, 7) is 10.8. The number of carbonyl (C=O) groups is 1. The third-order valence-electron chi connectivity index (χ3n) is 5.63. The summed E-state index contributed by atoms with van der Waals surface area (Å²) in [7, 11) is 0. The number of amides is 1. The van der Waals surface area contributed by atoms with Crippen LogP contribution in [0.2, 0.25) is 0 Å². The summed E-state index contributed by atoms with van der Waals surface area (Å²) >= 11 is 0. The second-order valence-electron chi connectivity index (χ2n) is 8.13. The molecule has 2 rings (SSSR count). The van der Waals surface area contributed by atoms with Crippen LogP contribution in [0.5, 0.6) is 0 Å². The maximum Gasteiger partial charge on any atom is 0.225 e. The monoisotopic (exact) mass is 280 g/mol. The number of nitrogens with two attached hydrogens (primary N) is 1. The number of piperidine rings is 1. The zero-order valence-corrected chi connectivity index (χ0v) is 13.7. The molecule has 1 aliphatic carbocycles. The maximum absolute atomic E-state index is 12.6. The molecule has 20 heavy (non-hydrogen) atoms. The summed E-state index contributed by atoms with van der Waals surface area (Å²) in [5.74, 6) is 1.96. The largest absolute Gasteiger partial charge is 0.341 e. The summed E-state index contributed by atoms with van der Waals surface area (Å²) in [6, 6.07) is 0.165. The highest BCUT2D eigenvalue weighted by atomic mass is 16.2. The highest BCUT2D eigenvalue weighted by molar-refractivity contribution is 5.79. The Labute approximate surface area is 124 Å². The van der Waals surface area contributed by atoms with Crippen molar-refractivity contribution in [1.29, 1.82) is 0 Å². The predicted octanol–water partition coefficient (Wildman–Crippen LogP) is 3.03. The Morgan fingerprint density at radius 1 is 1.10 bits per heavy atom. The lowest BCUT2D eigenvalue weighted by Crippen LogP contribution is -2.51. The fourth-order valence-corrected chi connectivity index (χ4v) is 3.76. The zero-order chi connectivity index (χ0) is 14.9. The van der Waals surface area contributed by atoms with Gasteiger partial charge in [-0.15, -0.1) is 0 Å². The van der Waals surface area contributed by atoms with E-state index in [0.29, 0.717) is 17.2 Å². The molecule has 1 amide bonds. The molecule has 1 saturated carbocycles. The minimum Gasteiger partial charge on any atom is -0.341 e. The fraction of sp³-hybridized carbons (Fsp3) is 0.941. The van der Waals surface area contributed by atoms with E-state index in [1.165, 1.54) is 12.8 Å². The lowest BCUT2D eigenvalue weighted by atomic mass is 9.69. The van der Waals surface area contributed by atoms with Crippen molar-refractivity contribution in [3.63, 3.8) is 0 Å². The average Bonchev–Trinajstić information content (AvgIpc) is 2.40. The minimum atomic E-state index is 0.165. The second kappa shape index (κ2) is 6.05. The number of carbonyl (C=O) groups excluding carboxylic acids is 1. The Balaban J connectivity index is 1.86. The first-order valence-electron chi connectivity index (χ1n) is 8.33. The van der Waals surface area contributed by atoms with Gasteiger partial charge in [-0.2, -0.15) is 0 Å². The van der Waals surface area contributed by atoms with Crippen molar-refractivity contribution in [3.05, 3.63) is 0 Å². The Morgan fingerprint density at radius 2 is 1.70 bits per heavy atom. The molecule has 2 N–H and O–H groups in total. The van der Waals surface area contributed by atoms with E-state index < -0.39 is 0 Å². The number of hydrogen-bond acceptors (Lipinski definition) is 2. The van der Waals surface area contributed by atoms with Crippen molar-refractivity contribution < 1.29 is 4.79 Å². The van der Waals surface area contributed by atoms with Crippen molar-refractivity contribution in [2.75, 3.05) is 13.1 Å². The van der Waals surface area contributed by atoms with Crippen LogP contribution in [0.3, 0.4) is 0 Å². The van der Waals surface area contributed by atoms with Crippen LogP contribution in [0, 0.1) is 23.2 Å². The van der Waals surface area contributed by atoms with Crippen LogP contribution >= 0.6 is 0 Å². The Morgan fingerprint density at radius 3 is 2.20 bits per heavy atom. The number of nitrogens with zero attached hydrogens (tertiary/aromatic N) is 1. The highest BCUT2D eigenvalue weighted by Gasteiger charge is 2.35. The van der Waals surface area contributed by atoms with Gasteiger partial charge in [-0.1, -0.05) is 27.7 Å². The third kappa shape index (κ3) is 3.55. The molecule has 2 atom stereocenters. The molecule has 0 aromatic rings. The quantitative estimate of drug-likeness (QED) is 0.802. The summed E-state index contributed by atoms with van der Waals surface area (Å²) < 4.78 is 0. The van der Waals surface area contributed by atoms with Crippen LogP contribution in [0.25, 0.3) is 0 Å². The summed E-state index contributed by atoms with van der Waals surface area (Å²) in [5, 5.41) is 0. The van der Waals surface area contributed by atoms with Gasteiger partial charge in [0.15, 0.2) is 0 Å². The average molecular weight is 280 g/mol. The van der Waals surface area contributed by atoms with Crippen LogP contribution in [-0.2, 0) is 4.79 Å². The van der Waals surface area contributed by atoms with Crippen molar-refractivity contribution >= 4 is 5.91 Å². The number of rotatable bonds is 1. The molecule has 3 nitrogen and oxygen atoms in total. The molecule has 0 radical (unpaired) electrons. The van der Waals surface area contributed by atoms with Crippen LogP contribution in [0.4, 0.5) is 0 Å².